The van der Waals surface area contributed by atoms with Crippen LogP contribution in [0.4, 0.5) is 0 Å². The lowest BCUT2D eigenvalue weighted by molar-refractivity contribution is -0.220. The molecule has 1 saturated carbocycles. The number of hydrogen-bond acceptors (Lipinski definition) is 12. The van der Waals surface area contributed by atoms with Gasteiger partial charge in [-0.25, -0.2) is 4.57 Å². The Labute approximate surface area is 423 Å². The lowest BCUT2D eigenvalue weighted by Crippen LogP contribution is -2.64. The van der Waals surface area contributed by atoms with Crippen molar-refractivity contribution in [3.05, 3.63) is 60.8 Å². The standard InChI is InChI=1S/C56H99O13P/c1-3-5-7-9-11-13-15-17-19-21-23-24-25-27-28-30-32-34-36-38-40-42-44-49(57)66-46-48(47-67-70(64,65)69-56-54(62)52(60)51(59)53(61)55(56)63)68-50(58)45-43-41-39-37-35-33-31-29-26-22-20-18-16-14-12-10-8-6-4-2/h6,8,12,14,18,20,26,29,33,35,48,51-56,59-63H,3-5,7,9-11,13,15-17,19,21-25,27-28,30-32,34,36-47H2,1-2H3,(H,64,65). The SMILES string of the molecule is CCC=CCC=CCC=CCC=CCC=CCCCCCC(=O)OC(COC(=O)CCCCCCCCCCCCCCCCCCCCCCCC)COP(=O)(O)OC1C(O)C(O)C(O)C(O)C1O. The van der Waals surface area contributed by atoms with E-state index in [2.05, 4.69) is 74.6 Å². The van der Waals surface area contributed by atoms with Crippen LogP contribution in [0.1, 0.15) is 226 Å². The molecule has 70 heavy (non-hydrogen) atoms. The Morgan fingerprint density at radius 3 is 1.24 bits per heavy atom. The van der Waals surface area contributed by atoms with Crippen LogP contribution in [0.5, 0.6) is 0 Å². The lowest BCUT2D eigenvalue weighted by Gasteiger charge is -2.41. The molecular weight excluding hydrogens is 912 g/mol. The molecule has 0 saturated heterocycles. The minimum Gasteiger partial charge on any atom is -0.462 e. The summed E-state index contributed by atoms with van der Waals surface area (Å²) >= 11 is 0. The van der Waals surface area contributed by atoms with Gasteiger partial charge in [0.25, 0.3) is 0 Å². The third-order valence-electron chi connectivity index (χ3n) is 12.6. The van der Waals surface area contributed by atoms with Gasteiger partial charge in [-0.3, -0.25) is 18.6 Å². The number of phosphoric ester groups is 1. The third kappa shape index (κ3) is 36.5. The van der Waals surface area contributed by atoms with E-state index < -0.39 is 75.7 Å². The molecule has 1 rings (SSSR count). The van der Waals surface area contributed by atoms with E-state index in [0.29, 0.717) is 12.8 Å². The number of carbonyl (C=O) groups is 2. The molecule has 0 heterocycles. The van der Waals surface area contributed by atoms with Crippen molar-refractivity contribution in [3.63, 3.8) is 0 Å². The van der Waals surface area contributed by atoms with Gasteiger partial charge in [-0.1, -0.05) is 216 Å². The summed E-state index contributed by atoms with van der Waals surface area (Å²) in [5.74, 6) is -1.13. The molecule has 14 heteroatoms. The van der Waals surface area contributed by atoms with Gasteiger partial charge in [0.2, 0.25) is 0 Å². The third-order valence-corrected chi connectivity index (χ3v) is 13.6. The molecule has 6 unspecified atom stereocenters. The fraction of sp³-hybridized carbons (Fsp3) is 0.786. The van der Waals surface area contributed by atoms with Gasteiger partial charge in [-0.15, -0.1) is 0 Å². The zero-order valence-electron chi connectivity index (χ0n) is 43.6. The summed E-state index contributed by atoms with van der Waals surface area (Å²) in [6, 6.07) is 0. The van der Waals surface area contributed by atoms with E-state index in [9.17, 15) is 44.6 Å². The molecule has 0 spiro atoms. The Hall–Kier alpha value is -2.45. The number of carbonyl (C=O) groups excluding carboxylic acids is 2. The molecule has 406 valence electrons. The second-order valence-electron chi connectivity index (χ2n) is 19.1. The number of rotatable bonds is 46. The van der Waals surface area contributed by atoms with Crippen molar-refractivity contribution in [2.75, 3.05) is 13.2 Å². The van der Waals surface area contributed by atoms with Crippen LogP contribution in [0, 0.1) is 0 Å². The molecule has 0 aromatic rings. The van der Waals surface area contributed by atoms with Crippen molar-refractivity contribution in [2.24, 2.45) is 0 Å². The highest BCUT2D eigenvalue weighted by Crippen LogP contribution is 2.47. The van der Waals surface area contributed by atoms with Crippen LogP contribution in [0.15, 0.2) is 60.8 Å². The molecule has 0 amide bonds. The van der Waals surface area contributed by atoms with Crippen LogP contribution in [0.3, 0.4) is 0 Å². The molecular formula is C56H99O13P. The van der Waals surface area contributed by atoms with E-state index in [4.69, 9.17) is 18.5 Å². The van der Waals surface area contributed by atoms with Crippen molar-refractivity contribution in [1.29, 1.82) is 0 Å². The molecule has 0 aromatic heterocycles. The molecule has 6 atom stereocenters. The van der Waals surface area contributed by atoms with Gasteiger partial charge in [0.15, 0.2) is 6.10 Å². The van der Waals surface area contributed by atoms with Crippen molar-refractivity contribution in [2.45, 2.75) is 268 Å². The van der Waals surface area contributed by atoms with E-state index in [-0.39, 0.29) is 12.8 Å². The number of hydrogen-bond donors (Lipinski definition) is 6. The average Bonchev–Trinajstić information content (AvgIpc) is 3.34. The number of allylic oxidation sites excluding steroid dienone is 10. The van der Waals surface area contributed by atoms with Crippen LogP contribution < -0.4 is 0 Å². The summed E-state index contributed by atoms with van der Waals surface area (Å²) in [4.78, 5) is 35.9. The summed E-state index contributed by atoms with van der Waals surface area (Å²) in [6.07, 6.45) is 44.1. The van der Waals surface area contributed by atoms with E-state index >= 15 is 0 Å². The Morgan fingerprint density at radius 1 is 0.457 bits per heavy atom. The predicted molar refractivity (Wildman–Crippen MR) is 281 cm³/mol. The summed E-state index contributed by atoms with van der Waals surface area (Å²) in [5.41, 5.74) is 0. The van der Waals surface area contributed by atoms with Crippen LogP contribution >= 0.6 is 7.82 Å². The van der Waals surface area contributed by atoms with Gasteiger partial charge >= 0.3 is 19.8 Å². The van der Waals surface area contributed by atoms with E-state index in [1.165, 1.54) is 116 Å². The molecule has 1 aliphatic carbocycles. The minimum absolute atomic E-state index is 0.0570. The van der Waals surface area contributed by atoms with Gasteiger partial charge in [0.1, 0.15) is 43.2 Å². The Bertz CT molecular complexity index is 1450. The van der Waals surface area contributed by atoms with Gasteiger partial charge in [0.05, 0.1) is 6.61 Å². The molecule has 0 radical (unpaired) electrons. The molecule has 0 aliphatic heterocycles. The largest absolute Gasteiger partial charge is 0.472 e. The van der Waals surface area contributed by atoms with Crippen molar-refractivity contribution >= 4 is 19.8 Å². The Balaban J connectivity index is 2.37. The number of ether oxygens (including phenoxy) is 2. The first-order valence-corrected chi connectivity index (χ1v) is 29.1. The summed E-state index contributed by atoms with van der Waals surface area (Å²) in [7, 11) is -5.14. The fourth-order valence-electron chi connectivity index (χ4n) is 8.26. The molecule has 0 aromatic carbocycles. The molecule has 6 N–H and O–H groups in total. The number of unbranched alkanes of at least 4 members (excludes halogenated alkanes) is 24. The highest BCUT2D eigenvalue weighted by Gasteiger charge is 2.51. The Kier molecular flexibility index (Phi) is 42.3. The van der Waals surface area contributed by atoms with Gasteiger partial charge in [0, 0.05) is 12.8 Å². The number of phosphoric acid groups is 1. The maximum atomic E-state index is 12.9. The van der Waals surface area contributed by atoms with Crippen molar-refractivity contribution in [1.82, 2.24) is 0 Å². The normalized spacial score (nSPS) is 21.2. The Morgan fingerprint density at radius 2 is 0.814 bits per heavy atom. The molecule has 13 nitrogen and oxygen atoms in total. The number of esters is 2. The van der Waals surface area contributed by atoms with E-state index in [1.807, 2.05) is 0 Å². The van der Waals surface area contributed by atoms with Crippen LogP contribution in [-0.2, 0) is 32.7 Å². The van der Waals surface area contributed by atoms with E-state index in [0.717, 1.165) is 70.6 Å². The zero-order valence-corrected chi connectivity index (χ0v) is 44.4. The monoisotopic (exact) mass is 1010 g/mol. The van der Waals surface area contributed by atoms with Crippen molar-refractivity contribution in [3.8, 4) is 0 Å². The zero-order chi connectivity index (χ0) is 51.3. The molecule has 0 bridgehead atoms. The predicted octanol–water partition coefficient (Wildman–Crippen LogP) is 12.5. The summed E-state index contributed by atoms with van der Waals surface area (Å²) < 4.78 is 33.7. The summed E-state index contributed by atoms with van der Waals surface area (Å²) in [5, 5.41) is 50.3. The van der Waals surface area contributed by atoms with Crippen LogP contribution in [0.2, 0.25) is 0 Å². The van der Waals surface area contributed by atoms with Gasteiger partial charge in [-0.05, 0) is 57.8 Å². The van der Waals surface area contributed by atoms with E-state index in [1.54, 1.807) is 0 Å². The fourth-order valence-corrected chi connectivity index (χ4v) is 9.23. The first-order valence-electron chi connectivity index (χ1n) is 27.6. The quantitative estimate of drug-likeness (QED) is 0.0145. The smallest absolute Gasteiger partial charge is 0.462 e. The van der Waals surface area contributed by atoms with Crippen molar-refractivity contribution < 1.29 is 63.1 Å². The highest BCUT2D eigenvalue weighted by molar-refractivity contribution is 7.47. The minimum atomic E-state index is -5.14. The van der Waals surface area contributed by atoms with Crippen LogP contribution in [-0.4, -0.2) is 98.3 Å². The lowest BCUT2D eigenvalue weighted by atomic mass is 9.85. The second-order valence-corrected chi connectivity index (χ2v) is 20.5. The topological polar surface area (TPSA) is 210 Å². The number of aliphatic hydroxyl groups excluding tert-OH is 5. The van der Waals surface area contributed by atoms with Crippen LogP contribution in [0.25, 0.3) is 0 Å². The number of aliphatic hydroxyl groups is 5. The average molecular weight is 1010 g/mol. The first kappa shape index (κ1) is 65.6. The second kappa shape index (κ2) is 45.2. The van der Waals surface area contributed by atoms with Gasteiger partial charge < -0.3 is 39.9 Å². The molecule has 1 fully saturated rings. The maximum Gasteiger partial charge on any atom is 0.472 e. The highest BCUT2D eigenvalue weighted by atomic mass is 31.2. The first-order chi connectivity index (χ1) is 33.9. The summed E-state index contributed by atoms with van der Waals surface area (Å²) in [6.45, 7) is 3.20. The van der Waals surface area contributed by atoms with Gasteiger partial charge in [-0.2, -0.15) is 0 Å². The maximum absolute atomic E-state index is 12.9. The molecule has 1 aliphatic rings.